The molecule has 158 valence electrons. The Labute approximate surface area is 175 Å². The number of carbonyl (C=O) groups excluding carboxylic acids is 2. The van der Waals surface area contributed by atoms with E-state index < -0.39 is 15.6 Å². The Balaban J connectivity index is 1.52. The summed E-state index contributed by atoms with van der Waals surface area (Å²) < 4.78 is 28.3. The number of hydrogen-bond donors (Lipinski definition) is 2. The molecular formula is C21H23N3O5S. The molecule has 1 fully saturated rings. The van der Waals surface area contributed by atoms with Gasteiger partial charge in [0.1, 0.15) is 0 Å². The Morgan fingerprint density at radius 3 is 2.40 bits per heavy atom. The summed E-state index contributed by atoms with van der Waals surface area (Å²) in [5.41, 5.74) is 1.49. The van der Waals surface area contributed by atoms with E-state index in [1.807, 2.05) is 29.2 Å². The Hall–Kier alpha value is -2.75. The molecule has 0 unspecified atom stereocenters. The normalized spacial score (nSPS) is 18.2. The molecule has 2 aromatic rings. The smallest absolute Gasteiger partial charge is 0.254 e. The Morgan fingerprint density at radius 1 is 1.10 bits per heavy atom. The highest BCUT2D eigenvalue weighted by Gasteiger charge is 2.46. The number of sulfonamides is 1. The molecule has 8 nitrogen and oxygen atoms in total. The van der Waals surface area contributed by atoms with Gasteiger partial charge < -0.3 is 15.0 Å². The van der Waals surface area contributed by atoms with Gasteiger partial charge >= 0.3 is 0 Å². The van der Waals surface area contributed by atoms with Crippen LogP contribution < -0.4 is 10.5 Å². The second-order valence-electron chi connectivity index (χ2n) is 7.68. The van der Waals surface area contributed by atoms with Crippen molar-refractivity contribution in [3.8, 4) is 0 Å². The lowest BCUT2D eigenvalue weighted by Gasteiger charge is -2.44. The van der Waals surface area contributed by atoms with Crippen LogP contribution in [0.2, 0.25) is 0 Å². The van der Waals surface area contributed by atoms with Crippen molar-refractivity contribution in [3.63, 3.8) is 0 Å². The molecule has 2 aliphatic heterocycles. The summed E-state index contributed by atoms with van der Waals surface area (Å²) >= 11 is 0. The predicted molar refractivity (Wildman–Crippen MR) is 110 cm³/mol. The highest BCUT2D eigenvalue weighted by atomic mass is 32.2. The minimum atomic E-state index is -3.79. The number of ether oxygens (including phenoxy) is 1. The maximum absolute atomic E-state index is 13.1. The molecule has 2 heterocycles. The number of anilines is 1. The van der Waals surface area contributed by atoms with Gasteiger partial charge in [-0.25, -0.2) is 13.6 Å². The number of rotatable bonds is 5. The van der Waals surface area contributed by atoms with Crippen molar-refractivity contribution in [1.82, 2.24) is 4.90 Å². The van der Waals surface area contributed by atoms with Gasteiger partial charge in [-0.1, -0.05) is 18.2 Å². The molecule has 0 radical (unpaired) electrons. The molecule has 2 aliphatic rings. The molecule has 0 atom stereocenters. The minimum absolute atomic E-state index is 0.0261. The van der Waals surface area contributed by atoms with Crippen LogP contribution in [0.5, 0.6) is 0 Å². The van der Waals surface area contributed by atoms with E-state index in [0.717, 1.165) is 5.56 Å². The summed E-state index contributed by atoms with van der Waals surface area (Å²) in [6.07, 6.45) is 1.28. The third-order valence-corrected chi connectivity index (χ3v) is 6.70. The van der Waals surface area contributed by atoms with Gasteiger partial charge in [-0.05, 0) is 48.7 Å². The molecule has 0 saturated carbocycles. The Kier molecular flexibility index (Phi) is 5.35. The van der Waals surface area contributed by atoms with Gasteiger partial charge in [-0.3, -0.25) is 9.59 Å². The summed E-state index contributed by atoms with van der Waals surface area (Å²) in [6.45, 7) is 1.44. The lowest BCUT2D eigenvalue weighted by atomic mass is 9.84. The molecule has 0 aliphatic carbocycles. The van der Waals surface area contributed by atoms with Crippen LogP contribution in [0.3, 0.4) is 0 Å². The quantitative estimate of drug-likeness (QED) is 0.752. The Bertz CT molecular complexity index is 1080. The second kappa shape index (κ2) is 7.82. The standard InChI is InChI=1S/C21H23N3O5S/c22-30(27,28)17-7-5-16(6-8-17)23-19(25)13-21(9-11-29-12-10-21)24-14-15-3-1-2-4-18(15)20(24)26/h1-8H,9-14H2,(H,23,25)(H2,22,27,28). The van der Waals surface area contributed by atoms with E-state index in [-0.39, 0.29) is 23.1 Å². The largest absolute Gasteiger partial charge is 0.381 e. The summed E-state index contributed by atoms with van der Waals surface area (Å²) in [5.74, 6) is -0.304. The number of nitrogens with one attached hydrogen (secondary N) is 1. The van der Waals surface area contributed by atoms with E-state index in [1.54, 1.807) is 0 Å². The zero-order chi connectivity index (χ0) is 21.4. The van der Waals surface area contributed by atoms with E-state index >= 15 is 0 Å². The van der Waals surface area contributed by atoms with Gasteiger partial charge in [-0.2, -0.15) is 0 Å². The van der Waals surface area contributed by atoms with Crippen molar-refractivity contribution < 1.29 is 22.7 Å². The monoisotopic (exact) mass is 429 g/mol. The first-order valence-corrected chi connectivity index (χ1v) is 11.2. The number of primary sulfonamides is 1. The Morgan fingerprint density at radius 2 is 1.77 bits per heavy atom. The molecule has 2 amide bonds. The van der Waals surface area contributed by atoms with Gasteiger partial charge in [0.15, 0.2) is 0 Å². The average molecular weight is 429 g/mol. The molecule has 0 spiro atoms. The third-order valence-electron chi connectivity index (χ3n) is 5.77. The minimum Gasteiger partial charge on any atom is -0.381 e. The van der Waals surface area contributed by atoms with Gasteiger partial charge in [0.25, 0.3) is 5.91 Å². The van der Waals surface area contributed by atoms with Gasteiger partial charge in [0, 0.05) is 31.0 Å². The fourth-order valence-electron chi connectivity index (χ4n) is 4.16. The first kappa shape index (κ1) is 20.5. The number of nitrogens with zero attached hydrogens (tertiary/aromatic N) is 1. The van der Waals surface area contributed by atoms with Crippen LogP contribution in [0.25, 0.3) is 0 Å². The lowest BCUT2D eigenvalue weighted by molar-refractivity contribution is -0.120. The molecule has 2 aromatic carbocycles. The first-order valence-electron chi connectivity index (χ1n) is 9.69. The van der Waals surface area contributed by atoms with Crippen LogP contribution in [-0.2, 0) is 26.1 Å². The van der Waals surface area contributed by atoms with Crippen LogP contribution in [0, 0.1) is 0 Å². The van der Waals surface area contributed by atoms with E-state index in [0.29, 0.717) is 43.9 Å². The van der Waals surface area contributed by atoms with Gasteiger partial charge in [-0.15, -0.1) is 0 Å². The number of carbonyl (C=O) groups is 2. The fraction of sp³-hybridized carbons (Fsp3) is 0.333. The van der Waals surface area contributed by atoms with Gasteiger partial charge in [0.05, 0.1) is 16.9 Å². The van der Waals surface area contributed by atoms with Crippen molar-refractivity contribution in [1.29, 1.82) is 0 Å². The number of benzene rings is 2. The number of amides is 2. The maximum Gasteiger partial charge on any atom is 0.254 e. The van der Waals surface area contributed by atoms with E-state index in [2.05, 4.69) is 5.32 Å². The average Bonchev–Trinajstić information content (AvgIpc) is 3.06. The lowest BCUT2D eigenvalue weighted by Crippen LogP contribution is -2.54. The van der Waals surface area contributed by atoms with E-state index in [4.69, 9.17) is 9.88 Å². The van der Waals surface area contributed by atoms with Crippen molar-refractivity contribution in [2.75, 3.05) is 18.5 Å². The van der Waals surface area contributed by atoms with Crippen molar-refractivity contribution >= 4 is 27.5 Å². The highest BCUT2D eigenvalue weighted by molar-refractivity contribution is 7.89. The molecule has 0 aromatic heterocycles. The molecule has 4 rings (SSSR count). The first-order chi connectivity index (χ1) is 14.3. The van der Waals surface area contributed by atoms with Crippen LogP contribution in [0.1, 0.15) is 35.2 Å². The number of nitrogens with two attached hydrogens (primary N) is 1. The SMILES string of the molecule is NS(=O)(=O)c1ccc(NC(=O)CC2(N3Cc4ccccc4C3=O)CCOCC2)cc1. The molecule has 9 heteroatoms. The molecule has 0 bridgehead atoms. The van der Waals surface area contributed by atoms with Gasteiger partial charge in [0.2, 0.25) is 15.9 Å². The maximum atomic E-state index is 13.1. The summed E-state index contributed by atoms with van der Waals surface area (Å²) in [5, 5.41) is 7.90. The predicted octanol–water partition coefficient (Wildman–Crippen LogP) is 1.87. The van der Waals surface area contributed by atoms with E-state index in [9.17, 15) is 18.0 Å². The van der Waals surface area contributed by atoms with Crippen LogP contribution in [-0.4, -0.2) is 43.9 Å². The third kappa shape index (κ3) is 3.96. The summed E-state index contributed by atoms with van der Waals surface area (Å²) in [4.78, 5) is 27.7. The summed E-state index contributed by atoms with van der Waals surface area (Å²) in [7, 11) is -3.79. The van der Waals surface area contributed by atoms with E-state index in [1.165, 1.54) is 24.3 Å². The highest BCUT2D eigenvalue weighted by Crippen LogP contribution is 2.38. The van der Waals surface area contributed by atoms with Crippen molar-refractivity contribution in [2.45, 2.75) is 36.2 Å². The topological polar surface area (TPSA) is 119 Å². The molecule has 3 N–H and O–H groups in total. The zero-order valence-electron chi connectivity index (χ0n) is 16.3. The molecular weight excluding hydrogens is 406 g/mol. The zero-order valence-corrected chi connectivity index (χ0v) is 17.2. The van der Waals surface area contributed by atoms with Crippen molar-refractivity contribution in [2.24, 2.45) is 5.14 Å². The molecule has 1 saturated heterocycles. The summed E-state index contributed by atoms with van der Waals surface area (Å²) in [6, 6.07) is 13.2. The second-order valence-corrected chi connectivity index (χ2v) is 9.24. The van der Waals surface area contributed by atoms with Crippen LogP contribution in [0.15, 0.2) is 53.4 Å². The van der Waals surface area contributed by atoms with Crippen molar-refractivity contribution in [3.05, 3.63) is 59.7 Å². The fourth-order valence-corrected chi connectivity index (χ4v) is 4.68. The number of fused-ring (bicyclic) bond motifs is 1. The van der Waals surface area contributed by atoms with Crippen LogP contribution in [0.4, 0.5) is 5.69 Å². The molecule has 30 heavy (non-hydrogen) atoms. The number of hydrogen-bond acceptors (Lipinski definition) is 5. The van der Waals surface area contributed by atoms with Crippen LogP contribution >= 0.6 is 0 Å².